The van der Waals surface area contributed by atoms with Gasteiger partial charge in [0.05, 0.1) is 39.9 Å². The molecule has 0 saturated carbocycles. The lowest BCUT2D eigenvalue weighted by molar-refractivity contribution is -0.142. The van der Waals surface area contributed by atoms with Crippen molar-refractivity contribution in [3.63, 3.8) is 0 Å². The fourth-order valence-corrected chi connectivity index (χ4v) is 5.24. The Morgan fingerprint density at radius 3 is 2.56 bits per heavy atom. The fourth-order valence-electron chi connectivity index (χ4n) is 5.24. The van der Waals surface area contributed by atoms with Crippen LogP contribution < -0.4 is 15.8 Å². The van der Waals surface area contributed by atoms with Crippen molar-refractivity contribution in [2.24, 2.45) is 5.92 Å². The van der Waals surface area contributed by atoms with Gasteiger partial charge in [-0.25, -0.2) is 4.98 Å². The average Bonchev–Trinajstić information content (AvgIpc) is 3.36. The SMILES string of the molecule is C[C@H](Nc1c(-c2nc3ccc(N4CCC(C(=O)O)CC4)cc3[nH]2)c(=O)[nH]c2ccccc12)c1ccccn1.S. The van der Waals surface area contributed by atoms with Gasteiger partial charge in [-0.05, 0) is 56.2 Å². The van der Waals surface area contributed by atoms with Crippen molar-refractivity contribution >= 4 is 52.8 Å². The zero-order valence-electron chi connectivity index (χ0n) is 21.4. The van der Waals surface area contributed by atoms with Gasteiger partial charge in [-0.15, -0.1) is 0 Å². The molecule has 5 aromatic rings. The molecule has 3 aromatic heterocycles. The molecular weight excluding hydrogens is 512 g/mol. The highest BCUT2D eigenvalue weighted by atomic mass is 32.1. The van der Waals surface area contributed by atoms with Crippen LogP contribution in [0.15, 0.2) is 71.7 Å². The predicted octanol–water partition coefficient (Wildman–Crippen LogP) is 5.05. The number of carboxylic acid groups (broad SMARTS) is 1. The molecule has 1 atom stereocenters. The number of fused-ring (bicyclic) bond motifs is 2. The van der Waals surface area contributed by atoms with Gasteiger partial charge in [0, 0.05) is 30.4 Å². The van der Waals surface area contributed by atoms with E-state index in [0.29, 0.717) is 43.0 Å². The molecule has 39 heavy (non-hydrogen) atoms. The molecule has 4 heterocycles. The number of aromatic nitrogens is 4. The number of benzene rings is 2. The maximum absolute atomic E-state index is 13.4. The van der Waals surface area contributed by atoms with Crippen LogP contribution in [0.4, 0.5) is 11.4 Å². The molecule has 4 N–H and O–H groups in total. The van der Waals surface area contributed by atoms with Crippen molar-refractivity contribution in [3.05, 3.63) is 82.9 Å². The van der Waals surface area contributed by atoms with Crippen LogP contribution in [-0.4, -0.2) is 44.1 Å². The fraction of sp³-hybridized carbons (Fsp3) is 0.241. The van der Waals surface area contributed by atoms with E-state index in [1.807, 2.05) is 67.6 Å². The molecule has 2 aromatic carbocycles. The molecule has 0 spiro atoms. The summed E-state index contributed by atoms with van der Waals surface area (Å²) in [5, 5.41) is 13.7. The second-order valence-electron chi connectivity index (χ2n) is 9.76. The maximum Gasteiger partial charge on any atom is 0.306 e. The van der Waals surface area contributed by atoms with Crippen LogP contribution in [0.2, 0.25) is 0 Å². The number of para-hydroxylation sites is 1. The lowest BCUT2D eigenvalue weighted by Gasteiger charge is -2.31. The number of carbonyl (C=O) groups is 1. The summed E-state index contributed by atoms with van der Waals surface area (Å²) < 4.78 is 0. The number of anilines is 2. The summed E-state index contributed by atoms with van der Waals surface area (Å²) in [6.07, 6.45) is 3.00. The monoisotopic (exact) mass is 542 g/mol. The Balaban J connectivity index is 0.00000308. The molecule has 1 saturated heterocycles. The van der Waals surface area contributed by atoms with Crippen molar-refractivity contribution in [3.8, 4) is 11.4 Å². The third kappa shape index (κ3) is 5.07. The Morgan fingerprint density at radius 1 is 1.05 bits per heavy atom. The Morgan fingerprint density at radius 2 is 1.82 bits per heavy atom. The van der Waals surface area contributed by atoms with Crippen LogP contribution in [0.3, 0.4) is 0 Å². The lowest BCUT2D eigenvalue weighted by Crippen LogP contribution is -2.36. The van der Waals surface area contributed by atoms with Crippen LogP contribution in [0.25, 0.3) is 33.3 Å². The van der Waals surface area contributed by atoms with Gasteiger partial charge in [0.25, 0.3) is 5.56 Å². The molecule has 0 radical (unpaired) electrons. The highest BCUT2D eigenvalue weighted by molar-refractivity contribution is 7.59. The summed E-state index contributed by atoms with van der Waals surface area (Å²) in [5.41, 5.74) is 5.06. The molecule has 0 bridgehead atoms. The van der Waals surface area contributed by atoms with Crippen molar-refractivity contribution in [2.75, 3.05) is 23.3 Å². The zero-order valence-corrected chi connectivity index (χ0v) is 22.4. The van der Waals surface area contributed by atoms with Gasteiger partial charge < -0.3 is 25.3 Å². The van der Waals surface area contributed by atoms with E-state index in [1.54, 1.807) is 6.20 Å². The van der Waals surface area contributed by atoms with Crippen LogP contribution >= 0.6 is 13.5 Å². The first kappa shape index (κ1) is 26.3. The number of H-pyrrole nitrogens is 2. The zero-order chi connectivity index (χ0) is 26.2. The minimum atomic E-state index is -0.722. The summed E-state index contributed by atoms with van der Waals surface area (Å²) >= 11 is 0. The molecule has 1 fully saturated rings. The van der Waals surface area contributed by atoms with E-state index in [-0.39, 0.29) is 31.0 Å². The summed E-state index contributed by atoms with van der Waals surface area (Å²) in [6, 6.07) is 19.3. The molecule has 10 heteroatoms. The van der Waals surface area contributed by atoms with E-state index in [2.05, 4.69) is 25.2 Å². The number of carboxylic acids is 1. The second-order valence-corrected chi connectivity index (χ2v) is 9.76. The number of imidazole rings is 1. The van der Waals surface area contributed by atoms with E-state index in [9.17, 15) is 14.7 Å². The number of pyridine rings is 2. The van der Waals surface area contributed by atoms with Gasteiger partial charge in [0.15, 0.2) is 0 Å². The van der Waals surface area contributed by atoms with Gasteiger partial charge in [-0.1, -0.05) is 24.3 Å². The smallest absolute Gasteiger partial charge is 0.306 e. The third-order valence-corrected chi connectivity index (χ3v) is 7.33. The van der Waals surface area contributed by atoms with Gasteiger partial charge in [0.2, 0.25) is 0 Å². The summed E-state index contributed by atoms with van der Waals surface area (Å²) in [7, 11) is 0. The van der Waals surface area contributed by atoms with Crippen LogP contribution in [0.1, 0.15) is 31.5 Å². The number of hydrogen-bond donors (Lipinski definition) is 4. The summed E-state index contributed by atoms with van der Waals surface area (Å²) in [6.45, 7) is 3.39. The minimum Gasteiger partial charge on any atom is -0.481 e. The number of nitrogens with zero attached hydrogens (tertiary/aromatic N) is 3. The molecule has 6 rings (SSSR count). The largest absolute Gasteiger partial charge is 0.481 e. The van der Waals surface area contributed by atoms with Crippen LogP contribution in [0.5, 0.6) is 0 Å². The number of aliphatic carboxylic acids is 1. The van der Waals surface area contributed by atoms with Crippen LogP contribution in [0, 0.1) is 5.92 Å². The molecule has 0 aliphatic carbocycles. The Hall–Kier alpha value is -4.31. The number of aromatic amines is 2. The average molecular weight is 543 g/mol. The first-order valence-corrected chi connectivity index (χ1v) is 12.8. The highest BCUT2D eigenvalue weighted by Crippen LogP contribution is 2.34. The Bertz CT molecular complexity index is 1690. The molecular formula is C29H30N6O3S. The van der Waals surface area contributed by atoms with Crippen molar-refractivity contribution in [2.45, 2.75) is 25.8 Å². The Labute approximate surface area is 231 Å². The van der Waals surface area contributed by atoms with Crippen molar-refractivity contribution in [1.29, 1.82) is 0 Å². The lowest BCUT2D eigenvalue weighted by atomic mass is 9.97. The topological polar surface area (TPSA) is 127 Å². The first-order chi connectivity index (χ1) is 18.5. The highest BCUT2D eigenvalue weighted by Gasteiger charge is 2.25. The molecule has 1 aliphatic heterocycles. The van der Waals surface area contributed by atoms with E-state index in [1.165, 1.54) is 0 Å². The molecule has 1 aliphatic rings. The van der Waals surface area contributed by atoms with E-state index < -0.39 is 5.97 Å². The van der Waals surface area contributed by atoms with Gasteiger partial charge in [-0.3, -0.25) is 14.6 Å². The van der Waals surface area contributed by atoms with Gasteiger partial charge in [-0.2, -0.15) is 13.5 Å². The number of rotatable bonds is 6. The molecule has 0 amide bonds. The molecule has 200 valence electrons. The number of hydrogen-bond acceptors (Lipinski definition) is 6. The van der Waals surface area contributed by atoms with Gasteiger partial charge >= 0.3 is 5.97 Å². The van der Waals surface area contributed by atoms with Crippen LogP contribution in [-0.2, 0) is 4.79 Å². The summed E-state index contributed by atoms with van der Waals surface area (Å²) in [5.74, 6) is -0.530. The molecule has 0 unspecified atom stereocenters. The second kappa shape index (κ2) is 10.8. The van der Waals surface area contributed by atoms with E-state index in [4.69, 9.17) is 4.98 Å². The first-order valence-electron chi connectivity index (χ1n) is 12.8. The minimum absolute atomic E-state index is 0. The van der Waals surface area contributed by atoms with Crippen molar-refractivity contribution in [1.82, 2.24) is 19.9 Å². The summed E-state index contributed by atoms with van der Waals surface area (Å²) in [4.78, 5) is 42.6. The standard InChI is InChI=1S/C29H28N6O3.H2S/c1-17(21-7-4-5-13-30-21)31-26-20-6-2-3-8-22(20)34-28(36)25(26)27-32-23-10-9-19(16-24(23)33-27)35-14-11-18(12-15-35)29(37)38;/h2-10,13,16-18H,11-12,14-15H2,1H3,(H,32,33)(H,37,38)(H2,31,34,36);1H2/t17-;/m0./s1. The maximum atomic E-state index is 13.4. The van der Waals surface area contributed by atoms with Gasteiger partial charge in [0.1, 0.15) is 11.4 Å². The van der Waals surface area contributed by atoms with Crippen molar-refractivity contribution < 1.29 is 9.90 Å². The predicted molar refractivity (Wildman–Crippen MR) is 159 cm³/mol. The van der Waals surface area contributed by atoms with E-state index >= 15 is 0 Å². The molecule has 9 nitrogen and oxygen atoms in total. The van der Waals surface area contributed by atoms with E-state index in [0.717, 1.165) is 33.3 Å². The quantitative estimate of drug-likeness (QED) is 0.236. The third-order valence-electron chi connectivity index (χ3n) is 7.33. The number of piperidine rings is 1. The number of nitrogens with one attached hydrogen (secondary N) is 3. The normalized spacial score (nSPS) is 14.7. The Kier molecular flexibility index (Phi) is 7.30.